The quantitative estimate of drug-likeness (QED) is 0.795. The second-order valence-electron chi connectivity index (χ2n) is 5.99. The third-order valence-electron chi connectivity index (χ3n) is 4.49. The van der Waals surface area contributed by atoms with Crippen molar-refractivity contribution in [2.45, 2.75) is 37.6 Å². The minimum Gasteiger partial charge on any atom is -0.350 e. The van der Waals surface area contributed by atoms with Crippen LogP contribution in [-0.4, -0.2) is 37.0 Å². The zero-order valence-corrected chi connectivity index (χ0v) is 15.8. The van der Waals surface area contributed by atoms with Crippen molar-refractivity contribution in [2.24, 2.45) is 0 Å². The molecule has 5 heteroatoms. The number of amides is 1. The van der Waals surface area contributed by atoms with E-state index < -0.39 is 0 Å². The molecule has 1 aliphatic rings. The highest BCUT2D eigenvalue weighted by molar-refractivity contribution is 9.11. The molecule has 0 radical (unpaired) electrons. The van der Waals surface area contributed by atoms with E-state index in [1.807, 2.05) is 18.2 Å². The first-order chi connectivity index (χ1) is 9.94. The van der Waals surface area contributed by atoms with E-state index >= 15 is 0 Å². The maximum atomic E-state index is 12.4. The molecule has 1 fully saturated rings. The van der Waals surface area contributed by atoms with Gasteiger partial charge in [0.25, 0.3) is 5.91 Å². The maximum absolute atomic E-state index is 12.4. The number of likely N-dealkylation sites (N-methyl/N-ethyl adjacent to an activating group) is 1. The Kier molecular flexibility index (Phi) is 5.86. The van der Waals surface area contributed by atoms with Crippen LogP contribution in [-0.2, 0) is 0 Å². The minimum atomic E-state index is -0.0128. The van der Waals surface area contributed by atoms with E-state index in [0.29, 0.717) is 12.1 Å². The Hall–Kier alpha value is -0.390. The molecule has 1 aliphatic carbocycles. The van der Waals surface area contributed by atoms with Crippen LogP contribution in [0.25, 0.3) is 0 Å². The second-order valence-corrected chi connectivity index (χ2v) is 7.76. The van der Waals surface area contributed by atoms with E-state index in [9.17, 15) is 4.79 Å². The summed E-state index contributed by atoms with van der Waals surface area (Å²) in [5, 5.41) is 3.13. The van der Waals surface area contributed by atoms with Crippen LogP contribution in [0, 0.1) is 0 Å². The van der Waals surface area contributed by atoms with Crippen molar-refractivity contribution in [3.05, 3.63) is 32.7 Å². The highest BCUT2D eigenvalue weighted by atomic mass is 79.9. The van der Waals surface area contributed by atoms with E-state index in [4.69, 9.17) is 0 Å². The standard InChI is InChI=1S/C16H22Br2N2O/c1-20(2)16(8-4-3-5-9-16)11-19-15(21)13-7-6-12(17)10-14(13)18/h6-7,10H,3-5,8-9,11H2,1-2H3,(H,19,21). The molecule has 0 saturated heterocycles. The lowest BCUT2D eigenvalue weighted by Crippen LogP contribution is -2.53. The molecule has 0 bridgehead atoms. The highest BCUT2D eigenvalue weighted by Crippen LogP contribution is 2.31. The molecule has 2 rings (SSSR count). The SMILES string of the molecule is CN(C)C1(CNC(=O)c2ccc(Br)cc2Br)CCCCC1. The molecule has 1 aromatic rings. The summed E-state index contributed by atoms with van der Waals surface area (Å²) in [5.41, 5.74) is 0.790. The van der Waals surface area contributed by atoms with Crippen molar-refractivity contribution in [1.82, 2.24) is 10.2 Å². The summed E-state index contributed by atoms with van der Waals surface area (Å²) in [7, 11) is 4.24. The van der Waals surface area contributed by atoms with Gasteiger partial charge in [0.15, 0.2) is 0 Å². The largest absolute Gasteiger partial charge is 0.350 e. The number of hydrogen-bond donors (Lipinski definition) is 1. The zero-order chi connectivity index (χ0) is 15.5. The van der Waals surface area contributed by atoms with Crippen LogP contribution >= 0.6 is 31.9 Å². The van der Waals surface area contributed by atoms with Crippen LogP contribution in [0.4, 0.5) is 0 Å². The summed E-state index contributed by atoms with van der Waals surface area (Å²) in [5.74, 6) is -0.0128. The molecule has 116 valence electrons. The summed E-state index contributed by atoms with van der Waals surface area (Å²) >= 11 is 6.86. The van der Waals surface area contributed by atoms with Crippen molar-refractivity contribution in [3.63, 3.8) is 0 Å². The van der Waals surface area contributed by atoms with Crippen molar-refractivity contribution in [1.29, 1.82) is 0 Å². The first kappa shape index (κ1) is 17.0. The van der Waals surface area contributed by atoms with Crippen molar-refractivity contribution >= 4 is 37.8 Å². The minimum absolute atomic E-state index is 0.0128. The molecule has 0 unspecified atom stereocenters. The predicted molar refractivity (Wildman–Crippen MR) is 93.7 cm³/mol. The number of carbonyl (C=O) groups excluding carboxylic acids is 1. The number of nitrogens with one attached hydrogen (secondary N) is 1. The highest BCUT2D eigenvalue weighted by Gasteiger charge is 2.34. The number of carbonyl (C=O) groups is 1. The Morgan fingerprint density at radius 2 is 1.90 bits per heavy atom. The average molecular weight is 418 g/mol. The molecule has 0 heterocycles. The molecule has 3 nitrogen and oxygen atoms in total. The Balaban J connectivity index is 2.05. The van der Waals surface area contributed by atoms with Gasteiger partial charge in [0.2, 0.25) is 0 Å². The molecule has 0 aromatic heterocycles. The third kappa shape index (κ3) is 4.08. The lowest BCUT2D eigenvalue weighted by molar-refractivity contribution is 0.0799. The molecular formula is C16H22Br2N2O. The van der Waals surface area contributed by atoms with Crippen LogP contribution < -0.4 is 5.32 Å². The summed E-state index contributed by atoms with van der Waals surface area (Å²) in [4.78, 5) is 14.7. The summed E-state index contributed by atoms with van der Waals surface area (Å²) in [6.45, 7) is 0.710. The van der Waals surface area contributed by atoms with Gasteiger partial charge in [-0.2, -0.15) is 0 Å². The van der Waals surface area contributed by atoms with Gasteiger partial charge in [0.05, 0.1) is 5.56 Å². The van der Waals surface area contributed by atoms with Gasteiger partial charge >= 0.3 is 0 Å². The third-order valence-corrected chi connectivity index (χ3v) is 5.64. The fourth-order valence-electron chi connectivity index (χ4n) is 3.01. The topological polar surface area (TPSA) is 32.3 Å². The molecule has 0 spiro atoms. The normalized spacial score (nSPS) is 17.8. The number of benzene rings is 1. The lowest BCUT2D eigenvalue weighted by Gasteiger charge is -2.43. The van der Waals surface area contributed by atoms with Crippen LogP contribution in [0.2, 0.25) is 0 Å². The van der Waals surface area contributed by atoms with Gasteiger partial charge in [0, 0.05) is 21.0 Å². The fourth-order valence-corrected chi connectivity index (χ4v) is 4.23. The summed E-state index contributed by atoms with van der Waals surface area (Å²) in [6.07, 6.45) is 6.11. The van der Waals surface area contributed by atoms with Gasteiger partial charge in [0.1, 0.15) is 0 Å². The maximum Gasteiger partial charge on any atom is 0.252 e. The van der Waals surface area contributed by atoms with Gasteiger partial charge in [-0.05, 0) is 61.1 Å². The van der Waals surface area contributed by atoms with Gasteiger partial charge in [-0.1, -0.05) is 35.2 Å². The van der Waals surface area contributed by atoms with Crippen LogP contribution in [0.1, 0.15) is 42.5 Å². The zero-order valence-electron chi connectivity index (χ0n) is 12.6. The van der Waals surface area contributed by atoms with Crippen molar-refractivity contribution in [3.8, 4) is 0 Å². The van der Waals surface area contributed by atoms with Crippen LogP contribution in [0.3, 0.4) is 0 Å². The molecule has 1 saturated carbocycles. The van der Waals surface area contributed by atoms with E-state index in [0.717, 1.165) is 21.8 Å². The molecular weight excluding hydrogens is 396 g/mol. The number of halogens is 2. The monoisotopic (exact) mass is 416 g/mol. The van der Waals surface area contributed by atoms with Gasteiger partial charge in [-0.25, -0.2) is 0 Å². The van der Waals surface area contributed by atoms with Crippen molar-refractivity contribution in [2.75, 3.05) is 20.6 Å². The van der Waals surface area contributed by atoms with E-state index in [1.54, 1.807) is 0 Å². The molecule has 1 amide bonds. The first-order valence-corrected chi connectivity index (χ1v) is 8.94. The molecule has 0 atom stereocenters. The summed E-state index contributed by atoms with van der Waals surface area (Å²) in [6, 6.07) is 5.63. The van der Waals surface area contributed by atoms with Crippen molar-refractivity contribution < 1.29 is 4.79 Å². The van der Waals surface area contributed by atoms with E-state index in [2.05, 4.69) is 56.2 Å². The lowest BCUT2D eigenvalue weighted by atomic mass is 9.80. The molecule has 0 aliphatic heterocycles. The second kappa shape index (κ2) is 7.25. The van der Waals surface area contributed by atoms with Crippen LogP contribution in [0.5, 0.6) is 0 Å². The number of rotatable bonds is 4. The predicted octanol–water partition coefficient (Wildman–Crippen LogP) is 4.21. The average Bonchev–Trinajstić information content (AvgIpc) is 2.45. The molecule has 1 N–H and O–H groups in total. The molecule has 1 aromatic carbocycles. The Bertz CT molecular complexity index is 511. The van der Waals surface area contributed by atoms with E-state index in [1.165, 1.54) is 19.3 Å². The Morgan fingerprint density at radius 3 is 2.48 bits per heavy atom. The number of hydrogen-bond acceptors (Lipinski definition) is 2. The van der Waals surface area contributed by atoms with Gasteiger partial charge in [-0.3, -0.25) is 4.79 Å². The van der Waals surface area contributed by atoms with Gasteiger partial charge in [-0.15, -0.1) is 0 Å². The Labute approximate surface area is 143 Å². The number of nitrogens with zero attached hydrogens (tertiary/aromatic N) is 1. The summed E-state index contributed by atoms with van der Waals surface area (Å²) < 4.78 is 1.78. The Morgan fingerprint density at radius 1 is 1.24 bits per heavy atom. The smallest absolute Gasteiger partial charge is 0.252 e. The fraction of sp³-hybridized carbons (Fsp3) is 0.562. The van der Waals surface area contributed by atoms with E-state index in [-0.39, 0.29) is 11.4 Å². The van der Waals surface area contributed by atoms with Crippen LogP contribution in [0.15, 0.2) is 27.1 Å². The molecule has 21 heavy (non-hydrogen) atoms. The first-order valence-electron chi connectivity index (χ1n) is 7.35. The van der Waals surface area contributed by atoms with Gasteiger partial charge < -0.3 is 10.2 Å².